The van der Waals surface area contributed by atoms with Crippen LogP contribution < -0.4 is 0 Å². The van der Waals surface area contributed by atoms with Gasteiger partial charge in [-0.2, -0.15) is 0 Å². The molecule has 0 saturated carbocycles. The quantitative estimate of drug-likeness (QED) is 0.580. The molecule has 0 spiro atoms. The van der Waals surface area contributed by atoms with Gasteiger partial charge in [0.05, 0.1) is 5.69 Å². The van der Waals surface area contributed by atoms with Crippen LogP contribution in [0.15, 0.2) is 53.0 Å². The van der Waals surface area contributed by atoms with E-state index >= 15 is 0 Å². The molecule has 20 heavy (non-hydrogen) atoms. The van der Waals surface area contributed by atoms with Crippen molar-refractivity contribution >= 4 is 27.3 Å². The summed E-state index contributed by atoms with van der Waals surface area (Å²) in [5, 5.41) is 0.905. The number of aromatic nitrogens is 1. The van der Waals surface area contributed by atoms with Gasteiger partial charge < -0.3 is 0 Å². The molecule has 0 aliphatic carbocycles. The van der Waals surface area contributed by atoms with E-state index in [2.05, 4.69) is 20.9 Å². The van der Waals surface area contributed by atoms with Crippen LogP contribution in [0, 0.1) is 12.7 Å². The van der Waals surface area contributed by atoms with Crippen LogP contribution in [0.2, 0.25) is 0 Å². The molecule has 3 aromatic rings. The minimum Gasteiger partial charge on any atom is -0.236 e. The maximum Gasteiger partial charge on any atom is 0.132 e. The first-order valence-electron chi connectivity index (χ1n) is 6.13. The average molecular weight is 348 g/mol. The highest BCUT2D eigenvalue weighted by Crippen LogP contribution is 2.34. The molecule has 1 aromatic heterocycles. The van der Waals surface area contributed by atoms with Gasteiger partial charge in [0.2, 0.25) is 0 Å². The van der Waals surface area contributed by atoms with Gasteiger partial charge >= 0.3 is 0 Å². The fraction of sp³-hybridized carbons (Fsp3) is 0.0625. The van der Waals surface area contributed by atoms with Crippen molar-refractivity contribution in [1.29, 1.82) is 0 Å². The highest BCUT2D eigenvalue weighted by atomic mass is 79.9. The summed E-state index contributed by atoms with van der Waals surface area (Å²) in [6, 6.07) is 14.7. The van der Waals surface area contributed by atoms with Crippen molar-refractivity contribution in [3.8, 4) is 21.8 Å². The van der Waals surface area contributed by atoms with Crippen molar-refractivity contribution in [2.75, 3.05) is 0 Å². The lowest BCUT2D eigenvalue weighted by Crippen LogP contribution is -1.86. The summed E-state index contributed by atoms with van der Waals surface area (Å²) >= 11 is 5.04. The Morgan fingerprint density at radius 2 is 1.90 bits per heavy atom. The molecular formula is C16H11BrFNS. The van der Waals surface area contributed by atoms with Crippen molar-refractivity contribution < 1.29 is 4.39 Å². The Morgan fingerprint density at radius 1 is 1.10 bits per heavy atom. The van der Waals surface area contributed by atoms with Crippen LogP contribution in [-0.4, -0.2) is 4.98 Å². The Labute approximate surface area is 129 Å². The fourth-order valence-corrected chi connectivity index (χ4v) is 3.37. The van der Waals surface area contributed by atoms with E-state index in [9.17, 15) is 4.39 Å². The molecule has 0 N–H and O–H groups in total. The molecule has 3 rings (SSSR count). The number of benzene rings is 2. The second-order valence-electron chi connectivity index (χ2n) is 4.41. The largest absolute Gasteiger partial charge is 0.236 e. The summed E-state index contributed by atoms with van der Waals surface area (Å²) in [5.74, 6) is -0.235. The summed E-state index contributed by atoms with van der Waals surface area (Å²) in [6.07, 6.45) is 0. The Hall–Kier alpha value is -1.52. The van der Waals surface area contributed by atoms with Crippen molar-refractivity contribution in [1.82, 2.24) is 4.98 Å². The van der Waals surface area contributed by atoms with Gasteiger partial charge in [-0.1, -0.05) is 40.2 Å². The summed E-state index contributed by atoms with van der Waals surface area (Å²) in [5.41, 5.74) is 2.32. The maximum absolute atomic E-state index is 13.9. The predicted octanol–water partition coefficient (Wildman–Crippen LogP) is 5.69. The molecule has 0 radical (unpaired) electrons. The van der Waals surface area contributed by atoms with Crippen LogP contribution in [0.5, 0.6) is 0 Å². The number of nitrogens with zero attached hydrogens (tertiary/aromatic N) is 1. The summed E-state index contributed by atoms with van der Waals surface area (Å²) in [4.78, 5) is 5.63. The first kappa shape index (κ1) is 13.5. The van der Waals surface area contributed by atoms with E-state index in [1.807, 2.05) is 37.3 Å². The average Bonchev–Trinajstić information content (AvgIpc) is 2.81. The molecule has 0 amide bonds. The predicted molar refractivity (Wildman–Crippen MR) is 85.4 cm³/mol. The molecule has 2 aromatic carbocycles. The van der Waals surface area contributed by atoms with E-state index in [-0.39, 0.29) is 5.82 Å². The van der Waals surface area contributed by atoms with E-state index in [0.717, 1.165) is 25.6 Å². The SMILES string of the molecule is Cc1sc(-c2cccc(Br)c2)nc1-c1ccccc1F. The third kappa shape index (κ3) is 2.53. The summed E-state index contributed by atoms with van der Waals surface area (Å²) in [6.45, 7) is 1.97. The third-order valence-electron chi connectivity index (χ3n) is 3.00. The molecule has 0 atom stereocenters. The van der Waals surface area contributed by atoms with Crippen LogP contribution in [0.25, 0.3) is 21.8 Å². The van der Waals surface area contributed by atoms with Crippen molar-refractivity contribution in [3.63, 3.8) is 0 Å². The molecule has 0 aliphatic heterocycles. The zero-order valence-electron chi connectivity index (χ0n) is 10.7. The second-order valence-corrected chi connectivity index (χ2v) is 6.53. The van der Waals surface area contributed by atoms with Crippen LogP contribution in [0.3, 0.4) is 0 Å². The lowest BCUT2D eigenvalue weighted by atomic mass is 10.1. The van der Waals surface area contributed by atoms with Gasteiger partial charge in [-0.25, -0.2) is 9.37 Å². The zero-order chi connectivity index (χ0) is 14.1. The number of hydrogen-bond acceptors (Lipinski definition) is 2. The second kappa shape index (κ2) is 5.46. The molecule has 0 unspecified atom stereocenters. The topological polar surface area (TPSA) is 12.9 Å². The number of halogens is 2. The summed E-state index contributed by atoms with van der Waals surface area (Å²) in [7, 11) is 0. The monoisotopic (exact) mass is 347 g/mol. The van der Waals surface area contributed by atoms with Crippen molar-refractivity contribution in [2.45, 2.75) is 6.92 Å². The van der Waals surface area contributed by atoms with Crippen LogP contribution in [0.1, 0.15) is 4.88 Å². The van der Waals surface area contributed by atoms with E-state index in [4.69, 9.17) is 0 Å². The Bertz CT molecular complexity index is 767. The molecule has 0 fully saturated rings. The molecule has 0 saturated heterocycles. The van der Waals surface area contributed by atoms with Gasteiger partial charge in [0.15, 0.2) is 0 Å². The first-order chi connectivity index (χ1) is 9.65. The number of thiazole rings is 1. The molecule has 0 aliphatic rings. The van der Waals surface area contributed by atoms with E-state index in [1.165, 1.54) is 6.07 Å². The highest BCUT2D eigenvalue weighted by molar-refractivity contribution is 9.10. The van der Waals surface area contributed by atoms with E-state index in [1.54, 1.807) is 23.5 Å². The lowest BCUT2D eigenvalue weighted by molar-refractivity contribution is 0.631. The molecule has 4 heteroatoms. The Balaban J connectivity index is 2.10. The zero-order valence-corrected chi connectivity index (χ0v) is 13.1. The fourth-order valence-electron chi connectivity index (χ4n) is 2.04. The molecule has 1 nitrogen and oxygen atoms in total. The van der Waals surface area contributed by atoms with Gasteiger partial charge in [-0.3, -0.25) is 0 Å². The third-order valence-corrected chi connectivity index (χ3v) is 4.51. The van der Waals surface area contributed by atoms with Crippen molar-refractivity contribution in [3.05, 3.63) is 63.7 Å². The van der Waals surface area contributed by atoms with E-state index in [0.29, 0.717) is 5.56 Å². The molecule has 0 bridgehead atoms. The highest BCUT2D eigenvalue weighted by Gasteiger charge is 2.14. The van der Waals surface area contributed by atoms with Gasteiger partial charge in [0, 0.05) is 20.5 Å². The van der Waals surface area contributed by atoms with Gasteiger partial charge in [-0.05, 0) is 31.2 Å². The number of rotatable bonds is 2. The van der Waals surface area contributed by atoms with Crippen LogP contribution in [0.4, 0.5) is 4.39 Å². The number of aryl methyl sites for hydroxylation is 1. The maximum atomic E-state index is 13.9. The minimum atomic E-state index is -0.235. The standard InChI is InChI=1S/C16H11BrFNS/c1-10-15(13-7-2-3-8-14(13)18)19-16(20-10)11-5-4-6-12(17)9-11/h2-9H,1H3. The van der Waals surface area contributed by atoms with Gasteiger partial charge in [-0.15, -0.1) is 11.3 Å². The van der Waals surface area contributed by atoms with Crippen LogP contribution >= 0.6 is 27.3 Å². The van der Waals surface area contributed by atoms with Gasteiger partial charge in [0.25, 0.3) is 0 Å². The van der Waals surface area contributed by atoms with Crippen molar-refractivity contribution in [2.24, 2.45) is 0 Å². The van der Waals surface area contributed by atoms with E-state index < -0.39 is 0 Å². The van der Waals surface area contributed by atoms with Crippen LogP contribution in [-0.2, 0) is 0 Å². The van der Waals surface area contributed by atoms with Gasteiger partial charge in [0.1, 0.15) is 10.8 Å². The first-order valence-corrected chi connectivity index (χ1v) is 7.74. The smallest absolute Gasteiger partial charge is 0.132 e. The normalized spacial score (nSPS) is 10.8. The lowest BCUT2D eigenvalue weighted by Gasteiger charge is -2.00. The minimum absolute atomic E-state index is 0.235. The molecule has 1 heterocycles. The molecular weight excluding hydrogens is 337 g/mol. The Morgan fingerprint density at radius 3 is 2.65 bits per heavy atom. The molecule has 100 valence electrons. The number of hydrogen-bond donors (Lipinski definition) is 0. The Kier molecular flexibility index (Phi) is 3.68. The summed E-state index contributed by atoms with van der Waals surface area (Å²) < 4.78 is 14.9.